The topological polar surface area (TPSA) is 101 Å². The Kier molecular flexibility index (Phi) is 6.13. The van der Waals surface area contributed by atoms with Gasteiger partial charge in [0.2, 0.25) is 11.9 Å². The van der Waals surface area contributed by atoms with Crippen LogP contribution in [-0.4, -0.2) is 61.9 Å². The van der Waals surface area contributed by atoms with Crippen LogP contribution < -0.4 is 16.0 Å². The summed E-state index contributed by atoms with van der Waals surface area (Å²) in [5.41, 5.74) is 13.1. The molecule has 4 aromatic rings. The van der Waals surface area contributed by atoms with E-state index in [1.165, 1.54) is 50.0 Å². The average molecular weight is 548 g/mol. The van der Waals surface area contributed by atoms with Crippen LogP contribution in [0.25, 0.3) is 17.1 Å². The van der Waals surface area contributed by atoms with Crippen LogP contribution in [0.3, 0.4) is 0 Å². The van der Waals surface area contributed by atoms with E-state index < -0.39 is 0 Å². The third kappa shape index (κ3) is 4.52. The van der Waals surface area contributed by atoms with Gasteiger partial charge in [0.15, 0.2) is 5.82 Å². The molecule has 41 heavy (non-hydrogen) atoms. The number of aromatic nitrogens is 5. The van der Waals surface area contributed by atoms with Gasteiger partial charge < -0.3 is 16.0 Å². The Morgan fingerprint density at radius 2 is 1.73 bits per heavy atom. The van der Waals surface area contributed by atoms with E-state index in [0.717, 1.165) is 72.7 Å². The first kappa shape index (κ1) is 24.8. The molecule has 9 heteroatoms. The molecule has 3 aliphatic carbocycles. The van der Waals surface area contributed by atoms with E-state index in [0.29, 0.717) is 17.7 Å². The first-order chi connectivity index (χ1) is 20.2. The minimum atomic E-state index is 0.302. The van der Waals surface area contributed by atoms with Gasteiger partial charge in [-0.3, -0.25) is 4.90 Å². The number of rotatable bonds is 5. The van der Waals surface area contributed by atoms with Crippen LogP contribution >= 0.6 is 0 Å². The number of aryl methyl sites for hydroxylation is 1. The van der Waals surface area contributed by atoms with Crippen molar-refractivity contribution in [2.45, 2.75) is 51.0 Å². The van der Waals surface area contributed by atoms with E-state index in [4.69, 9.17) is 10.8 Å². The van der Waals surface area contributed by atoms with Crippen molar-refractivity contribution in [1.82, 2.24) is 29.6 Å². The molecule has 210 valence electrons. The van der Waals surface area contributed by atoms with E-state index in [1.54, 1.807) is 11.0 Å². The van der Waals surface area contributed by atoms with Gasteiger partial charge in [-0.1, -0.05) is 30.7 Å². The van der Waals surface area contributed by atoms with Crippen molar-refractivity contribution in [3.05, 3.63) is 66.0 Å². The Hall–Kier alpha value is -3.98. The average Bonchev–Trinajstić information content (AvgIpc) is 3.71. The molecule has 2 bridgehead atoms. The highest BCUT2D eigenvalue weighted by Gasteiger charge is 2.42. The van der Waals surface area contributed by atoms with Gasteiger partial charge in [-0.15, -0.1) is 5.10 Å². The van der Waals surface area contributed by atoms with Crippen LogP contribution in [0.1, 0.15) is 43.2 Å². The molecule has 3 unspecified atom stereocenters. The van der Waals surface area contributed by atoms with Gasteiger partial charge in [0.25, 0.3) is 0 Å². The standard InChI is InChI=1S/C32H37N9/c33-31-37-32(38-41(31)30-27-7-3-5-22-4-1-2-6-26(22)29(27)34-20-35-30)36-24-10-12-25(13-11-24)39-14-16-40(17-15-39)28-19-21-8-9-23(28)18-21/h1-2,4,6,10-13,20-21,23,28H,3,5,7-9,14-19H2,(H3,33,36,37,38). The van der Waals surface area contributed by atoms with Gasteiger partial charge >= 0.3 is 0 Å². The Labute approximate surface area is 240 Å². The highest BCUT2D eigenvalue weighted by atomic mass is 15.4. The summed E-state index contributed by atoms with van der Waals surface area (Å²) >= 11 is 0. The highest BCUT2D eigenvalue weighted by Crippen LogP contribution is 2.46. The number of nitrogen functional groups attached to an aromatic ring is 1. The zero-order chi connectivity index (χ0) is 27.3. The SMILES string of the molecule is Nc1nc(Nc2ccc(N3CCN(C4CC5CCC4C5)CC3)cc2)nn1-c1ncnc2c1CCCc1ccccc1-2. The molecule has 9 nitrogen and oxygen atoms in total. The van der Waals surface area contributed by atoms with Crippen molar-refractivity contribution in [3.8, 4) is 17.1 Å². The number of anilines is 4. The Morgan fingerprint density at radius 1 is 0.878 bits per heavy atom. The Balaban J connectivity index is 0.961. The van der Waals surface area contributed by atoms with Gasteiger partial charge in [0, 0.05) is 54.7 Å². The lowest BCUT2D eigenvalue weighted by Crippen LogP contribution is -2.51. The van der Waals surface area contributed by atoms with E-state index in [1.807, 2.05) is 0 Å². The molecule has 0 spiro atoms. The lowest BCUT2D eigenvalue weighted by Gasteiger charge is -2.41. The number of fused-ring (bicyclic) bond motifs is 5. The zero-order valence-corrected chi connectivity index (χ0v) is 23.4. The van der Waals surface area contributed by atoms with Gasteiger partial charge in [-0.05, 0) is 80.2 Å². The molecule has 0 amide bonds. The smallest absolute Gasteiger partial charge is 0.248 e. The van der Waals surface area contributed by atoms with Crippen molar-refractivity contribution in [3.63, 3.8) is 0 Å². The molecule has 2 aromatic carbocycles. The van der Waals surface area contributed by atoms with Crippen molar-refractivity contribution in [2.24, 2.45) is 11.8 Å². The quantitative estimate of drug-likeness (QED) is 0.366. The van der Waals surface area contributed by atoms with E-state index in [9.17, 15) is 0 Å². The maximum Gasteiger partial charge on any atom is 0.248 e. The van der Waals surface area contributed by atoms with Crippen molar-refractivity contribution < 1.29 is 0 Å². The molecule has 0 radical (unpaired) electrons. The summed E-state index contributed by atoms with van der Waals surface area (Å²) in [4.78, 5) is 19.1. The van der Waals surface area contributed by atoms with E-state index >= 15 is 0 Å². The second-order valence-corrected chi connectivity index (χ2v) is 12.2. The fraction of sp³-hybridized carbons (Fsp3) is 0.438. The Bertz CT molecular complexity index is 1550. The molecule has 4 aliphatic rings. The number of nitrogens with zero attached hydrogens (tertiary/aromatic N) is 7. The van der Waals surface area contributed by atoms with Crippen molar-refractivity contribution >= 4 is 23.3 Å². The second kappa shape index (κ2) is 10.1. The fourth-order valence-electron chi connectivity index (χ4n) is 7.86. The first-order valence-electron chi connectivity index (χ1n) is 15.2. The maximum absolute atomic E-state index is 6.37. The van der Waals surface area contributed by atoms with Crippen LogP contribution in [0.4, 0.5) is 23.3 Å². The molecule has 1 saturated heterocycles. The summed E-state index contributed by atoms with van der Waals surface area (Å²) in [6.45, 7) is 4.54. The molecule has 3 atom stereocenters. The first-order valence-corrected chi connectivity index (χ1v) is 15.2. The summed E-state index contributed by atoms with van der Waals surface area (Å²) in [5.74, 6) is 3.42. The molecule has 8 rings (SSSR count). The summed E-state index contributed by atoms with van der Waals surface area (Å²) in [6, 6.07) is 17.9. The molecular formula is C32H37N9. The lowest BCUT2D eigenvalue weighted by atomic mass is 9.93. The summed E-state index contributed by atoms with van der Waals surface area (Å²) in [6.07, 6.45) is 10.3. The van der Waals surface area contributed by atoms with Crippen LogP contribution in [0, 0.1) is 11.8 Å². The molecule has 3 heterocycles. The zero-order valence-electron chi connectivity index (χ0n) is 23.4. The van der Waals surface area contributed by atoms with Crippen LogP contribution in [0.5, 0.6) is 0 Å². The van der Waals surface area contributed by atoms with Gasteiger partial charge in [-0.2, -0.15) is 9.67 Å². The van der Waals surface area contributed by atoms with Crippen LogP contribution in [0.2, 0.25) is 0 Å². The van der Waals surface area contributed by atoms with Crippen LogP contribution in [-0.2, 0) is 12.8 Å². The molecular weight excluding hydrogens is 510 g/mol. The minimum Gasteiger partial charge on any atom is -0.369 e. The number of hydrogen-bond acceptors (Lipinski definition) is 8. The minimum absolute atomic E-state index is 0.302. The summed E-state index contributed by atoms with van der Waals surface area (Å²) in [7, 11) is 0. The molecule has 1 aliphatic heterocycles. The third-order valence-electron chi connectivity index (χ3n) is 9.87. The molecule has 3 N–H and O–H groups in total. The van der Waals surface area contributed by atoms with Crippen molar-refractivity contribution in [1.29, 1.82) is 0 Å². The lowest BCUT2D eigenvalue weighted by molar-refractivity contribution is 0.135. The largest absolute Gasteiger partial charge is 0.369 e. The van der Waals surface area contributed by atoms with Crippen molar-refractivity contribution in [2.75, 3.05) is 42.1 Å². The molecule has 2 aromatic heterocycles. The molecule has 2 saturated carbocycles. The third-order valence-corrected chi connectivity index (χ3v) is 9.87. The maximum atomic E-state index is 6.37. The number of piperazine rings is 1. The van der Waals surface area contributed by atoms with Gasteiger partial charge in [0.05, 0.1) is 5.69 Å². The molecule has 3 fully saturated rings. The number of nitrogens with two attached hydrogens (primary N) is 1. The monoisotopic (exact) mass is 547 g/mol. The highest BCUT2D eigenvalue weighted by molar-refractivity contribution is 5.70. The second-order valence-electron chi connectivity index (χ2n) is 12.2. The van der Waals surface area contributed by atoms with Gasteiger partial charge in [-0.25, -0.2) is 9.97 Å². The fourth-order valence-corrected chi connectivity index (χ4v) is 7.86. The number of benzene rings is 2. The Morgan fingerprint density at radius 3 is 2.54 bits per heavy atom. The van der Waals surface area contributed by atoms with Gasteiger partial charge in [0.1, 0.15) is 6.33 Å². The summed E-state index contributed by atoms with van der Waals surface area (Å²) in [5, 5.41) is 8.05. The number of nitrogens with one attached hydrogen (secondary N) is 1. The van der Waals surface area contributed by atoms with E-state index in [2.05, 4.69) is 78.6 Å². The summed E-state index contributed by atoms with van der Waals surface area (Å²) < 4.78 is 1.64. The predicted octanol–water partition coefficient (Wildman–Crippen LogP) is 4.85. The van der Waals surface area contributed by atoms with Crippen LogP contribution in [0.15, 0.2) is 54.9 Å². The normalized spacial score (nSPS) is 23.7. The predicted molar refractivity (Wildman–Crippen MR) is 162 cm³/mol. The number of hydrogen-bond donors (Lipinski definition) is 2. The van der Waals surface area contributed by atoms with E-state index in [-0.39, 0.29) is 0 Å².